The lowest BCUT2D eigenvalue weighted by molar-refractivity contribution is 0.284. The van der Waals surface area contributed by atoms with E-state index in [1.165, 1.54) is 5.56 Å². The minimum absolute atomic E-state index is 0.492. The van der Waals surface area contributed by atoms with E-state index >= 15 is 0 Å². The van der Waals surface area contributed by atoms with Gasteiger partial charge >= 0.3 is 0 Å². The van der Waals surface area contributed by atoms with Gasteiger partial charge in [-0.25, -0.2) is 4.98 Å². The Labute approximate surface area is 162 Å². The molecule has 7 nitrogen and oxygen atoms in total. The molecule has 0 aliphatic heterocycles. The molecular weight excluding hydrogens is 360 g/mol. The molecule has 27 heavy (non-hydrogen) atoms. The minimum atomic E-state index is 0.492. The van der Waals surface area contributed by atoms with Gasteiger partial charge in [0.1, 0.15) is 21.7 Å². The van der Waals surface area contributed by atoms with E-state index in [0.717, 1.165) is 27.9 Å². The zero-order valence-electron chi connectivity index (χ0n) is 15.6. The van der Waals surface area contributed by atoms with Crippen LogP contribution >= 0.6 is 11.3 Å². The highest BCUT2D eigenvalue weighted by atomic mass is 32.1. The van der Waals surface area contributed by atoms with Gasteiger partial charge in [0, 0.05) is 29.8 Å². The summed E-state index contributed by atoms with van der Waals surface area (Å²) in [6, 6.07) is 6.07. The van der Waals surface area contributed by atoms with Gasteiger partial charge in [-0.3, -0.25) is 4.98 Å². The van der Waals surface area contributed by atoms with Gasteiger partial charge in [0.05, 0.1) is 13.2 Å². The minimum Gasteiger partial charge on any atom is -0.477 e. The first-order valence-corrected chi connectivity index (χ1v) is 9.82. The van der Waals surface area contributed by atoms with Crippen LogP contribution in [0.25, 0.3) is 0 Å². The number of hydrogen-bond donors (Lipinski definition) is 1. The molecule has 0 bridgehead atoms. The van der Waals surface area contributed by atoms with Crippen molar-refractivity contribution < 1.29 is 4.74 Å². The van der Waals surface area contributed by atoms with Crippen LogP contribution in [0.4, 0.5) is 5.82 Å². The maximum atomic E-state index is 5.94. The molecule has 1 N–H and O–H groups in total. The topological polar surface area (TPSA) is 85.7 Å². The van der Waals surface area contributed by atoms with Crippen LogP contribution in [-0.4, -0.2) is 31.8 Å². The van der Waals surface area contributed by atoms with E-state index in [-0.39, 0.29) is 0 Å². The maximum Gasteiger partial charge on any atom is 0.218 e. The first kappa shape index (κ1) is 17.8. The summed E-state index contributed by atoms with van der Waals surface area (Å²) in [5.41, 5.74) is 2.34. The molecule has 8 heteroatoms. The first-order valence-electron chi connectivity index (χ1n) is 9.01. The van der Waals surface area contributed by atoms with Crippen molar-refractivity contribution in [2.45, 2.75) is 39.7 Å². The van der Waals surface area contributed by atoms with E-state index in [1.54, 1.807) is 11.3 Å². The van der Waals surface area contributed by atoms with E-state index in [1.807, 2.05) is 26.1 Å². The highest BCUT2D eigenvalue weighted by molar-refractivity contribution is 7.11. The van der Waals surface area contributed by atoms with Crippen LogP contribution < -0.4 is 10.1 Å². The summed E-state index contributed by atoms with van der Waals surface area (Å²) in [4.78, 5) is 13.3. The van der Waals surface area contributed by atoms with Crippen LogP contribution in [0.2, 0.25) is 0 Å². The Bertz CT molecular complexity index is 926. The third-order valence-electron chi connectivity index (χ3n) is 4.49. The molecule has 0 saturated heterocycles. The van der Waals surface area contributed by atoms with Crippen LogP contribution in [0.1, 0.15) is 39.4 Å². The molecule has 1 aliphatic rings. The summed E-state index contributed by atoms with van der Waals surface area (Å²) in [6.45, 7) is 7.10. The highest BCUT2D eigenvalue weighted by Crippen LogP contribution is 2.46. The van der Waals surface area contributed by atoms with Crippen LogP contribution in [0, 0.1) is 26.7 Å². The third kappa shape index (κ3) is 4.57. The second-order valence-corrected chi connectivity index (χ2v) is 8.15. The van der Waals surface area contributed by atoms with Gasteiger partial charge in [-0.1, -0.05) is 17.4 Å². The number of ether oxygens (including phenoxy) is 1. The third-order valence-corrected chi connectivity index (χ3v) is 5.32. The average Bonchev–Trinajstić information content (AvgIpc) is 3.30. The van der Waals surface area contributed by atoms with E-state index in [2.05, 4.69) is 49.5 Å². The van der Waals surface area contributed by atoms with Crippen LogP contribution in [0.15, 0.2) is 24.4 Å². The van der Waals surface area contributed by atoms with Crippen LogP contribution in [0.3, 0.4) is 0 Å². The lowest BCUT2D eigenvalue weighted by atomic mass is 10.2. The second kappa shape index (κ2) is 7.56. The Kier molecular flexibility index (Phi) is 4.98. The zero-order chi connectivity index (χ0) is 18.8. The molecule has 3 aromatic rings. The fraction of sp³-hybridized carbons (Fsp3) is 0.421. The number of aryl methyl sites for hydroxylation is 3. The fourth-order valence-electron chi connectivity index (χ4n) is 2.96. The molecule has 140 valence electrons. The normalized spacial score (nSPS) is 18.3. The first-order chi connectivity index (χ1) is 13.1. The lowest BCUT2D eigenvalue weighted by Crippen LogP contribution is -2.07. The van der Waals surface area contributed by atoms with E-state index in [0.29, 0.717) is 36.7 Å². The van der Waals surface area contributed by atoms with Gasteiger partial charge in [-0.05, 0) is 38.8 Å². The van der Waals surface area contributed by atoms with Crippen LogP contribution in [0.5, 0.6) is 5.88 Å². The Morgan fingerprint density at radius 1 is 1.19 bits per heavy atom. The molecule has 4 rings (SSSR count). The monoisotopic (exact) mass is 382 g/mol. The number of nitrogens with zero attached hydrogens (tertiary/aromatic N) is 5. The summed E-state index contributed by atoms with van der Waals surface area (Å²) >= 11 is 1.57. The van der Waals surface area contributed by atoms with Crippen LogP contribution in [-0.2, 0) is 6.54 Å². The Balaban J connectivity index is 1.32. The zero-order valence-corrected chi connectivity index (χ0v) is 16.5. The number of aromatic nitrogens is 5. The molecule has 1 fully saturated rings. The average molecular weight is 382 g/mol. The summed E-state index contributed by atoms with van der Waals surface area (Å²) in [5, 5.41) is 13.3. The summed E-state index contributed by atoms with van der Waals surface area (Å²) < 4.78 is 5.94. The van der Waals surface area contributed by atoms with Crippen molar-refractivity contribution >= 4 is 17.2 Å². The molecule has 0 amide bonds. The molecule has 0 unspecified atom stereocenters. The summed E-state index contributed by atoms with van der Waals surface area (Å²) in [7, 11) is 0. The van der Waals surface area contributed by atoms with Gasteiger partial charge in [0.25, 0.3) is 0 Å². The molecule has 3 aromatic heterocycles. The van der Waals surface area contributed by atoms with Gasteiger partial charge < -0.3 is 10.1 Å². The molecule has 0 radical (unpaired) electrons. The van der Waals surface area contributed by atoms with Crippen molar-refractivity contribution in [3.8, 4) is 5.88 Å². The van der Waals surface area contributed by atoms with Crippen molar-refractivity contribution in [2.75, 3.05) is 11.9 Å². The second-order valence-electron chi connectivity index (χ2n) is 6.88. The Morgan fingerprint density at radius 3 is 2.81 bits per heavy atom. The van der Waals surface area contributed by atoms with Gasteiger partial charge in [0.2, 0.25) is 5.88 Å². The smallest absolute Gasteiger partial charge is 0.218 e. The molecule has 1 saturated carbocycles. The Hall–Kier alpha value is -2.61. The number of anilines is 1. The number of rotatable bonds is 7. The highest BCUT2D eigenvalue weighted by Gasteiger charge is 2.40. The Morgan fingerprint density at radius 2 is 2.07 bits per heavy atom. The van der Waals surface area contributed by atoms with Gasteiger partial charge in [-0.15, -0.1) is 10.2 Å². The van der Waals surface area contributed by atoms with Crippen molar-refractivity contribution in [3.63, 3.8) is 0 Å². The molecule has 1 aliphatic carbocycles. The van der Waals surface area contributed by atoms with Gasteiger partial charge in [0.15, 0.2) is 0 Å². The van der Waals surface area contributed by atoms with Crippen molar-refractivity contribution in [1.82, 2.24) is 25.1 Å². The maximum absolute atomic E-state index is 5.94. The molecule has 0 aromatic carbocycles. The number of hydrogen-bond acceptors (Lipinski definition) is 8. The predicted molar refractivity (Wildman–Crippen MR) is 104 cm³/mol. The number of pyridine rings is 1. The standard InChI is InChI=1S/C19H22N6OS/c1-11-4-5-16(20-8-11)15-6-14(15)10-26-18-7-17(22-12(2)23-18)21-9-19-25-24-13(3)27-19/h4-5,7-8,14-15H,6,9-10H2,1-3H3,(H,21,22,23)/t14-,15+/m1/s1. The predicted octanol–water partition coefficient (Wildman–Crippen LogP) is 3.44. The largest absolute Gasteiger partial charge is 0.477 e. The van der Waals surface area contributed by atoms with Crippen molar-refractivity contribution in [1.29, 1.82) is 0 Å². The molecule has 2 atom stereocenters. The molecule has 0 spiro atoms. The van der Waals surface area contributed by atoms with Gasteiger partial charge in [-0.2, -0.15) is 4.98 Å². The van der Waals surface area contributed by atoms with Crippen molar-refractivity contribution in [3.05, 3.63) is 51.5 Å². The molecular formula is C19H22N6OS. The summed E-state index contributed by atoms with van der Waals surface area (Å²) in [6.07, 6.45) is 3.04. The van der Waals surface area contributed by atoms with E-state index in [9.17, 15) is 0 Å². The lowest BCUT2D eigenvalue weighted by Gasteiger charge is -2.09. The summed E-state index contributed by atoms with van der Waals surface area (Å²) in [5.74, 6) is 3.00. The quantitative estimate of drug-likeness (QED) is 0.670. The van der Waals surface area contributed by atoms with E-state index in [4.69, 9.17) is 4.74 Å². The van der Waals surface area contributed by atoms with E-state index < -0.39 is 0 Å². The number of nitrogens with one attached hydrogen (secondary N) is 1. The fourth-order valence-corrected chi connectivity index (χ4v) is 3.61. The molecule has 3 heterocycles. The van der Waals surface area contributed by atoms with Crippen molar-refractivity contribution in [2.24, 2.45) is 5.92 Å². The SMILES string of the molecule is Cc1ccc([C@H]2C[C@@H]2COc2cc(NCc3nnc(C)s3)nc(C)n2)nc1.